The molecule has 7 aromatic rings. The van der Waals surface area contributed by atoms with Gasteiger partial charge in [0.25, 0.3) is 0 Å². The minimum atomic E-state index is 0.191. The largest absolute Gasteiger partial charge is 0.331 e. The number of hydrogen-bond donors (Lipinski definition) is 0. The molecule has 0 amide bonds. The molecule has 2 unspecified atom stereocenters. The number of fused-ring (bicyclic) bond motifs is 7. The van der Waals surface area contributed by atoms with Gasteiger partial charge in [0, 0.05) is 45.3 Å². The van der Waals surface area contributed by atoms with Gasteiger partial charge in [-0.15, -0.1) is 0 Å². The molecular formula is C52H43N5. The fraction of sp³-hybridized carbons (Fsp3) is 0.173. The molecule has 57 heavy (non-hydrogen) atoms. The fourth-order valence-electron chi connectivity index (χ4n) is 9.54. The zero-order valence-electron chi connectivity index (χ0n) is 31.9. The van der Waals surface area contributed by atoms with Gasteiger partial charge >= 0.3 is 0 Å². The van der Waals surface area contributed by atoms with Crippen LogP contribution in [-0.4, -0.2) is 24.1 Å². The van der Waals surface area contributed by atoms with Crippen molar-refractivity contribution in [1.82, 2.24) is 24.1 Å². The van der Waals surface area contributed by atoms with E-state index in [1.54, 1.807) is 0 Å². The van der Waals surface area contributed by atoms with E-state index < -0.39 is 0 Å². The first-order chi connectivity index (χ1) is 28.3. The Balaban J connectivity index is 1.19. The van der Waals surface area contributed by atoms with E-state index in [1.807, 2.05) is 0 Å². The van der Waals surface area contributed by atoms with Crippen LogP contribution in [0.25, 0.3) is 61.2 Å². The van der Waals surface area contributed by atoms with Crippen LogP contribution in [0.2, 0.25) is 0 Å². The minimum absolute atomic E-state index is 0.191. The van der Waals surface area contributed by atoms with E-state index in [2.05, 4.69) is 173 Å². The highest BCUT2D eigenvalue weighted by Crippen LogP contribution is 2.43. The summed E-state index contributed by atoms with van der Waals surface area (Å²) in [6.45, 7) is 0. The molecule has 4 aromatic carbocycles. The first-order valence-electron chi connectivity index (χ1n) is 20.5. The molecule has 2 atom stereocenters. The van der Waals surface area contributed by atoms with Gasteiger partial charge in [-0.25, -0.2) is 4.98 Å². The number of benzene rings is 4. The summed E-state index contributed by atoms with van der Waals surface area (Å²) in [5.74, 6) is 2.35. The lowest BCUT2D eigenvalue weighted by atomic mass is 9.88. The van der Waals surface area contributed by atoms with Crippen molar-refractivity contribution in [1.29, 1.82) is 0 Å². The summed E-state index contributed by atoms with van der Waals surface area (Å²) in [6.07, 6.45) is 33.6. The van der Waals surface area contributed by atoms with Crippen LogP contribution in [0.3, 0.4) is 0 Å². The van der Waals surface area contributed by atoms with E-state index in [9.17, 15) is 0 Å². The normalized spacial score (nSPS) is 18.9. The molecule has 0 N–H and O–H groups in total. The summed E-state index contributed by atoms with van der Waals surface area (Å²) >= 11 is 0. The van der Waals surface area contributed by atoms with Gasteiger partial charge in [0.1, 0.15) is 0 Å². The molecule has 0 radical (unpaired) electrons. The third-order valence-corrected chi connectivity index (χ3v) is 12.3. The van der Waals surface area contributed by atoms with Gasteiger partial charge in [-0.1, -0.05) is 152 Å². The number of aromatic nitrogens is 5. The van der Waals surface area contributed by atoms with E-state index in [4.69, 9.17) is 15.0 Å². The molecule has 0 saturated heterocycles. The third kappa shape index (κ3) is 5.88. The van der Waals surface area contributed by atoms with Crippen LogP contribution >= 0.6 is 0 Å². The van der Waals surface area contributed by atoms with Crippen LogP contribution in [-0.2, 0) is 12.8 Å². The smallest absolute Gasteiger partial charge is 0.238 e. The molecule has 11 rings (SSSR count). The van der Waals surface area contributed by atoms with Crippen LogP contribution < -0.4 is 0 Å². The van der Waals surface area contributed by atoms with Crippen LogP contribution in [0.15, 0.2) is 164 Å². The average molecular weight is 738 g/mol. The molecule has 3 aromatic heterocycles. The van der Waals surface area contributed by atoms with Crippen molar-refractivity contribution in [3.05, 3.63) is 192 Å². The highest BCUT2D eigenvalue weighted by atomic mass is 15.2. The zero-order valence-corrected chi connectivity index (χ0v) is 31.9. The number of nitrogens with zero attached hydrogens (tertiary/aromatic N) is 5. The van der Waals surface area contributed by atoms with Gasteiger partial charge in [0.15, 0.2) is 11.6 Å². The summed E-state index contributed by atoms with van der Waals surface area (Å²) in [4.78, 5) is 16.4. The van der Waals surface area contributed by atoms with Crippen molar-refractivity contribution in [3.63, 3.8) is 0 Å². The average Bonchev–Trinajstić information content (AvgIpc) is 3.67. The lowest BCUT2D eigenvalue weighted by Crippen LogP contribution is -2.13. The van der Waals surface area contributed by atoms with Gasteiger partial charge in [0.05, 0.1) is 17.1 Å². The maximum atomic E-state index is 5.52. The molecule has 4 aliphatic carbocycles. The fourth-order valence-corrected chi connectivity index (χ4v) is 9.54. The van der Waals surface area contributed by atoms with Crippen molar-refractivity contribution < 1.29 is 0 Å². The van der Waals surface area contributed by atoms with E-state index in [1.165, 1.54) is 60.7 Å². The lowest BCUT2D eigenvalue weighted by Gasteiger charge is -2.21. The van der Waals surface area contributed by atoms with Gasteiger partial charge in [0.2, 0.25) is 5.95 Å². The molecule has 0 saturated carbocycles. The molecule has 0 fully saturated rings. The van der Waals surface area contributed by atoms with Gasteiger partial charge < -0.3 is 4.57 Å². The third-order valence-electron chi connectivity index (χ3n) is 12.3. The quantitative estimate of drug-likeness (QED) is 0.160. The Hall–Kier alpha value is -6.59. The topological polar surface area (TPSA) is 48.5 Å². The van der Waals surface area contributed by atoms with E-state index in [0.29, 0.717) is 11.8 Å². The van der Waals surface area contributed by atoms with Crippen molar-refractivity contribution in [2.45, 2.75) is 56.9 Å². The van der Waals surface area contributed by atoms with Crippen LogP contribution in [0, 0.1) is 0 Å². The minimum Gasteiger partial charge on any atom is -0.331 e. The number of aryl methyl sites for hydroxylation is 1. The van der Waals surface area contributed by atoms with Crippen LogP contribution in [0.4, 0.5) is 0 Å². The van der Waals surface area contributed by atoms with Gasteiger partial charge in [-0.05, 0) is 78.5 Å². The molecule has 276 valence electrons. The van der Waals surface area contributed by atoms with Gasteiger partial charge in [-0.3, -0.25) is 4.57 Å². The van der Waals surface area contributed by atoms with Gasteiger partial charge in [-0.2, -0.15) is 9.97 Å². The van der Waals surface area contributed by atoms with E-state index >= 15 is 0 Å². The summed E-state index contributed by atoms with van der Waals surface area (Å²) in [6, 6.07) is 33.4. The van der Waals surface area contributed by atoms with Crippen molar-refractivity contribution in [3.8, 4) is 17.3 Å². The lowest BCUT2D eigenvalue weighted by molar-refractivity contribution is 0.648. The molecule has 3 heterocycles. The second kappa shape index (κ2) is 14.2. The zero-order chi connectivity index (χ0) is 37.7. The molecule has 0 aliphatic heterocycles. The first kappa shape index (κ1) is 33.7. The Morgan fingerprint density at radius 1 is 0.579 bits per heavy atom. The number of allylic oxidation sites excluding steroid dienone is 14. The first-order valence-corrected chi connectivity index (χ1v) is 20.5. The molecule has 0 spiro atoms. The second-order valence-corrected chi connectivity index (χ2v) is 15.7. The Kier molecular flexibility index (Phi) is 8.38. The summed E-state index contributed by atoms with van der Waals surface area (Å²) in [7, 11) is 0. The highest BCUT2D eigenvalue weighted by Gasteiger charge is 2.28. The Morgan fingerprint density at radius 3 is 2.32 bits per heavy atom. The monoisotopic (exact) mass is 737 g/mol. The molecule has 0 bridgehead atoms. The number of rotatable bonds is 6. The predicted octanol–water partition coefficient (Wildman–Crippen LogP) is 12.6. The predicted molar refractivity (Wildman–Crippen MR) is 235 cm³/mol. The van der Waals surface area contributed by atoms with Crippen molar-refractivity contribution in [2.75, 3.05) is 0 Å². The summed E-state index contributed by atoms with van der Waals surface area (Å²) in [5, 5.41) is 3.81. The Bertz CT molecular complexity index is 2940. The molecule has 5 heteroatoms. The summed E-state index contributed by atoms with van der Waals surface area (Å²) < 4.78 is 5.00. The van der Waals surface area contributed by atoms with E-state index in [-0.39, 0.29) is 12.0 Å². The van der Waals surface area contributed by atoms with Crippen molar-refractivity contribution >= 4 is 43.9 Å². The molecule has 5 nitrogen and oxygen atoms in total. The molecule has 4 aliphatic rings. The number of para-hydroxylation sites is 1. The Morgan fingerprint density at radius 2 is 1.42 bits per heavy atom. The highest BCUT2D eigenvalue weighted by molar-refractivity contribution is 6.18. The van der Waals surface area contributed by atoms with Crippen molar-refractivity contribution in [2.24, 2.45) is 0 Å². The maximum absolute atomic E-state index is 5.52. The maximum Gasteiger partial charge on any atom is 0.238 e. The van der Waals surface area contributed by atoms with E-state index in [0.717, 1.165) is 61.9 Å². The Labute approximate surface area is 333 Å². The second-order valence-electron chi connectivity index (χ2n) is 15.7. The standard InChI is InChI=1S/C52H43N5/c1-5-17-35(18-6-1)37-21-15-23-39(33-37)50-53-51(40-24-16-22-38(34-40)36-19-7-2-8-20-36)55-52(54-50)57-47-29-12-4-11-27-43(47)45-32-31-44-42-28-13-14-30-46(42)56(48(44)49(45)57)41-25-9-3-10-26-41/h1-7,9-10,12-19,21-25,28,30-32,34,37,41H,8,11,20,26-27,29,33H2. The van der Waals surface area contributed by atoms with Crippen LogP contribution in [0.1, 0.15) is 72.3 Å². The summed E-state index contributed by atoms with van der Waals surface area (Å²) in [5.41, 5.74) is 12.3. The van der Waals surface area contributed by atoms with Crippen LogP contribution in [0.5, 0.6) is 0 Å². The number of hydrogen-bond acceptors (Lipinski definition) is 3. The SMILES string of the molecule is C1=CCCC(c2cccc(-c3nc(C4=CC=CC(c5ccccc5)C4)nc(-n4c5c(c6ccc7c8ccccc8n(C8C=CC=CC8)c7c64)CCC=CC5)n3)c2)=C1. The molecular weight excluding hydrogens is 695 g/mol.